The molecular weight excluding hydrogens is 286 g/mol. The normalized spacial score (nSPS) is 12.4. The van der Waals surface area contributed by atoms with Gasteiger partial charge in [-0.2, -0.15) is 0 Å². The van der Waals surface area contributed by atoms with E-state index in [9.17, 15) is 4.39 Å². The SMILES string of the molecule is CNC(Cc1cccc(Cl)c1Cl)c1ccncc1F. The molecule has 0 fully saturated rings. The summed E-state index contributed by atoms with van der Waals surface area (Å²) in [5.74, 6) is -0.333. The molecule has 0 spiro atoms. The molecule has 1 aromatic carbocycles. The number of nitrogens with one attached hydrogen (secondary N) is 1. The highest BCUT2D eigenvalue weighted by Crippen LogP contribution is 2.29. The van der Waals surface area contributed by atoms with Crippen LogP contribution in [0.25, 0.3) is 0 Å². The Morgan fingerprint density at radius 3 is 2.79 bits per heavy atom. The fourth-order valence-electron chi connectivity index (χ4n) is 1.96. The van der Waals surface area contributed by atoms with Gasteiger partial charge in [0.2, 0.25) is 0 Å². The topological polar surface area (TPSA) is 24.9 Å². The zero-order valence-corrected chi connectivity index (χ0v) is 11.8. The Morgan fingerprint density at radius 1 is 1.32 bits per heavy atom. The average Bonchev–Trinajstić information content (AvgIpc) is 2.41. The molecule has 2 nitrogen and oxygen atoms in total. The van der Waals surface area contributed by atoms with E-state index in [1.165, 1.54) is 6.20 Å². The average molecular weight is 299 g/mol. The Balaban J connectivity index is 2.30. The van der Waals surface area contributed by atoms with Crippen molar-refractivity contribution in [3.63, 3.8) is 0 Å². The molecule has 0 saturated heterocycles. The molecule has 0 aliphatic carbocycles. The molecule has 1 N–H and O–H groups in total. The summed E-state index contributed by atoms with van der Waals surface area (Å²) in [5.41, 5.74) is 1.44. The third kappa shape index (κ3) is 3.24. The van der Waals surface area contributed by atoms with Crippen molar-refractivity contribution in [3.8, 4) is 0 Å². The van der Waals surface area contributed by atoms with E-state index >= 15 is 0 Å². The highest BCUT2D eigenvalue weighted by atomic mass is 35.5. The van der Waals surface area contributed by atoms with Gasteiger partial charge in [-0.05, 0) is 31.2 Å². The number of hydrogen-bond acceptors (Lipinski definition) is 2. The van der Waals surface area contributed by atoms with Crippen molar-refractivity contribution < 1.29 is 4.39 Å². The Morgan fingerprint density at radius 2 is 2.11 bits per heavy atom. The highest BCUT2D eigenvalue weighted by Gasteiger charge is 2.16. The van der Waals surface area contributed by atoms with Gasteiger partial charge < -0.3 is 5.32 Å². The summed E-state index contributed by atoms with van der Waals surface area (Å²) >= 11 is 12.1. The maximum absolute atomic E-state index is 13.7. The van der Waals surface area contributed by atoms with Crippen LogP contribution < -0.4 is 5.32 Å². The van der Waals surface area contributed by atoms with Gasteiger partial charge in [0.1, 0.15) is 5.82 Å². The monoisotopic (exact) mass is 298 g/mol. The van der Waals surface area contributed by atoms with Crippen LogP contribution in [-0.4, -0.2) is 12.0 Å². The Kier molecular flexibility index (Phi) is 4.75. The van der Waals surface area contributed by atoms with Crippen molar-refractivity contribution in [3.05, 3.63) is 63.6 Å². The number of halogens is 3. The second-order valence-corrected chi connectivity index (χ2v) is 4.94. The number of aromatic nitrogens is 1. The maximum atomic E-state index is 13.7. The first-order valence-corrected chi connectivity index (χ1v) is 6.58. The third-order valence-electron chi connectivity index (χ3n) is 2.98. The second-order valence-electron chi connectivity index (χ2n) is 4.16. The lowest BCUT2D eigenvalue weighted by Crippen LogP contribution is -2.20. The van der Waals surface area contributed by atoms with E-state index in [4.69, 9.17) is 23.2 Å². The molecule has 1 heterocycles. The zero-order chi connectivity index (χ0) is 13.8. The van der Waals surface area contributed by atoms with E-state index in [2.05, 4.69) is 10.3 Å². The van der Waals surface area contributed by atoms with E-state index in [0.717, 1.165) is 5.56 Å². The Labute approximate surface area is 121 Å². The second kappa shape index (κ2) is 6.33. The van der Waals surface area contributed by atoms with Gasteiger partial charge >= 0.3 is 0 Å². The molecule has 0 aliphatic heterocycles. The van der Waals surface area contributed by atoms with E-state index in [-0.39, 0.29) is 11.9 Å². The molecule has 0 bridgehead atoms. The summed E-state index contributed by atoms with van der Waals surface area (Å²) < 4.78 is 13.7. The van der Waals surface area contributed by atoms with E-state index < -0.39 is 0 Å². The lowest BCUT2D eigenvalue weighted by atomic mass is 9.99. The largest absolute Gasteiger partial charge is 0.313 e. The quantitative estimate of drug-likeness (QED) is 0.922. The van der Waals surface area contributed by atoms with Crippen molar-refractivity contribution in [1.82, 2.24) is 10.3 Å². The Bertz CT molecular complexity index is 575. The molecule has 19 heavy (non-hydrogen) atoms. The fraction of sp³-hybridized carbons (Fsp3) is 0.214. The van der Waals surface area contributed by atoms with Gasteiger partial charge in [-0.3, -0.25) is 4.98 Å². The lowest BCUT2D eigenvalue weighted by molar-refractivity contribution is 0.530. The standard InChI is InChI=1S/C14H13Cl2FN2/c1-18-13(10-5-6-19-8-12(10)17)7-9-3-2-4-11(15)14(9)16/h2-6,8,13,18H,7H2,1H3. The van der Waals surface area contributed by atoms with Crippen molar-refractivity contribution >= 4 is 23.2 Å². The van der Waals surface area contributed by atoms with E-state index in [0.29, 0.717) is 22.0 Å². The summed E-state index contributed by atoms with van der Waals surface area (Å²) in [7, 11) is 1.78. The minimum Gasteiger partial charge on any atom is -0.313 e. The maximum Gasteiger partial charge on any atom is 0.146 e. The summed E-state index contributed by atoms with van der Waals surface area (Å²) in [6.07, 6.45) is 3.33. The number of rotatable bonds is 4. The van der Waals surface area contributed by atoms with Crippen molar-refractivity contribution in [1.29, 1.82) is 0 Å². The van der Waals surface area contributed by atoms with Gasteiger partial charge in [0.25, 0.3) is 0 Å². The van der Waals surface area contributed by atoms with Crippen LogP contribution >= 0.6 is 23.2 Å². The molecule has 0 aliphatic rings. The van der Waals surface area contributed by atoms with Crippen LogP contribution in [0.5, 0.6) is 0 Å². The summed E-state index contributed by atoms with van der Waals surface area (Å²) in [6, 6.07) is 6.93. The van der Waals surface area contributed by atoms with Crippen LogP contribution in [0, 0.1) is 5.82 Å². The van der Waals surface area contributed by atoms with Gasteiger partial charge in [-0.1, -0.05) is 35.3 Å². The predicted octanol–water partition coefficient (Wildman–Crippen LogP) is 4.03. The molecule has 0 saturated carbocycles. The number of likely N-dealkylation sites (N-methyl/N-ethyl adjacent to an activating group) is 1. The van der Waals surface area contributed by atoms with Crippen molar-refractivity contribution in [2.75, 3.05) is 7.05 Å². The van der Waals surface area contributed by atoms with Crippen LogP contribution in [0.15, 0.2) is 36.7 Å². The summed E-state index contributed by atoms with van der Waals surface area (Å²) in [4.78, 5) is 3.75. The van der Waals surface area contributed by atoms with Crippen LogP contribution in [0.1, 0.15) is 17.2 Å². The minimum atomic E-state index is -0.333. The van der Waals surface area contributed by atoms with E-state index in [1.807, 2.05) is 12.1 Å². The predicted molar refractivity (Wildman–Crippen MR) is 76.2 cm³/mol. The van der Waals surface area contributed by atoms with Crippen LogP contribution in [0.2, 0.25) is 10.0 Å². The molecular formula is C14H13Cl2FN2. The van der Waals surface area contributed by atoms with Crippen LogP contribution in [0.3, 0.4) is 0 Å². The molecule has 1 aromatic heterocycles. The molecule has 0 amide bonds. The first kappa shape index (κ1) is 14.3. The summed E-state index contributed by atoms with van der Waals surface area (Å²) in [6.45, 7) is 0. The molecule has 100 valence electrons. The molecule has 1 atom stereocenters. The van der Waals surface area contributed by atoms with Gasteiger partial charge in [0.15, 0.2) is 0 Å². The van der Waals surface area contributed by atoms with Crippen LogP contribution in [0.4, 0.5) is 4.39 Å². The van der Waals surface area contributed by atoms with Gasteiger partial charge in [-0.25, -0.2) is 4.39 Å². The number of benzene rings is 1. The lowest BCUT2D eigenvalue weighted by Gasteiger charge is -2.18. The van der Waals surface area contributed by atoms with Gasteiger partial charge in [0, 0.05) is 17.8 Å². The van der Waals surface area contributed by atoms with Gasteiger partial charge in [0.05, 0.1) is 16.2 Å². The smallest absolute Gasteiger partial charge is 0.146 e. The number of pyridine rings is 1. The molecule has 5 heteroatoms. The molecule has 1 unspecified atom stereocenters. The Hall–Kier alpha value is -1.16. The van der Waals surface area contributed by atoms with Gasteiger partial charge in [-0.15, -0.1) is 0 Å². The van der Waals surface area contributed by atoms with Crippen molar-refractivity contribution in [2.45, 2.75) is 12.5 Å². The van der Waals surface area contributed by atoms with Crippen molar-refractivity contribution in [2.24, 2.45) is 0 Å². The number of nitrogens with zero attached hydrogens (tertiary/aromatic N) is 1. The molecule has 2 rings (SSSR count). The number of hydrogen-bond donors (Lipinski definition) is 1. The fourth-order valence-corrected chi connectivity index (χ4v) is 2.36. The highest BCUT2D eigenvalue weighted by molar-refractivity contribution is 6.42. The minimum absolute atomic E-state index is 0.182. The van der Waals surface area contributed by atoms with Crippen LogP contribution in [-0.2, 0) is 6.42 Å². The molecule has 0 radical (unpaired) electrons. The zero-order valence-electron chi connectivity index (χ0n) is 10.3. The molecule has 2 aromatic rings. The first-order chi connectivity index (χ1) is 9.13. The third-order valence-corrected chi connectivity index (χ3v) is 3.84. The van der Waals surface area contributed by atoms with E-state index in [1.54, 1.807) is 25.4 Å². The summed E-state index contributed by atoms with van der Waals surface area (Å²) in [5, 5.41) is 4.10. The first-order valence-electron chi connectivity index (χ1n) is 5.83.